The number of para-hydroxylation sites is 1. The third-order valence-corrected chi connectivity index (χ3v) is 17.6. The van der Waals surface area contributed by atoms with Crippen LogP contribution < -0.4 is 15.7 Å². The highest BCUT2D eigenvalue weighted by molar-refractivity contribution is 6.94. The van der Waals surface area contributed by atoms with Crippen molar-refractivity contribution < 1.29 is 4.42 Å². The summed E-state index contributed by atoms with van der Waals surface area (Å²) in [5.74, 6) is 0. The van der Waals surface area contributed by atoms with Crippen molar-refractivity contribution in [3.05, 3.63) is 161 Å². The van der Waals surface area contributed by atoms with E-state index in [1.54, 1.807) is 0 Å². The van der Waals surface area contributed by atoms with Crippen LogP contribution in [0.25, 0.3) is 82.5 Å². The lowest BCUT2D eigenvalue weighted by Gasteiger charge is -2.47. The fourth-order valence-electron chi connectivity index (χ4n) is 13.6. The second-order valence-corrected chi connectivity index (χ2v) is 23.4. The van der Waals surface area contributed by atoms with Crippen molar-refractivity contribution in [1.82, 2.24) is 4.57 Å². The molecule has 4 aliphatic rings. The summed E-state index contributed by atoms with van der Waals surface area (Å²) in [6.45, 7) is 22.0. The Labute approximate surface area is 394 Å². The minimum atomic E-state index is -0.0747. The third kappa shape index (κ3) is 5.20. The van der Waals surface area contributed by atoms with E-state index in [4.69, 9.17) is 4.42 Å². The van der Waals surface area contributed by atoms with Gasteiger partial charge in [0.15, 0.2) is 0 Å². The second kappa shape index (κ2) is 12.9. The van der Waals surface area contributed by atoms with Crippen LogP contribution in [0.3, 0.4) is 0 Å². The van der Waals surface area contributed by atoms with E-state index in [1.165, 1.54) is 122 Å². The Hall–Kier alpha value is -6.52. The van der Waals surface area contributed by atoms with E-state index in [0.29, 0.717) is 0 Å². The fourth-order valence-corrected chi connectivity index (χ4v) is 13.6. The molecule has 2 aromatic heterocycles. The maximum atomic E-state index is 6.69. The maximum absolute atomic E-state index is 6.69. The number of aromatic nitrogens is 1. The van der Waals surface area contributed by atoms with Crippen molar-refractivity contribution in [2.75, 3.05) is 4.81 Å². The summed E-state index contributed by atoms with van der Waals surface area (Å²) in [6.07, 6.45) is 4.65. The van der Waals surface area contributed by atoms with E-state index >= 15 is 0 Å². The highest BCUT2D eigenvalue weighted by atomic mass is 16.3. The van der Waals surface area contributed by atoms with Crippen LogP contribution >= 0.6 is 0 Å². The lowest BCUT2D eigenvalue weighted by atomic mass is 9.43. The van der Waals surface area contributed by atoms with Gasteiger partial charge in [-0.15, -0.1) is 0 Å². The first-order chi connectivity index (χ1) is 32.1. The zero-order valence-corrected chi connectivity index (χ0v) is 40.4. The van der Waals surface area contributed by atoms with Gasteiger partial charge in [0.05, 0.1) is 11.0 Å². The van der Waals surface area contributed by atoms with Crippen LogP contribution in [0.4, 0.5) is 11.4 Å². The molecule has 2 aliphatic heterocycles. The number of rotatable bonds is 2. The molecular weight excluding hydrogens is 812 g/mol. The van der Waals surface area contributed by atoms with E-state index in [-0.39, 0.29) is 28.5 Å². The van der Waals surface area contributed by atoms with Gasteiger partial charge in [0.1, 0.15) is 11.2 Å². The molecule has 3 nitrogen and oxygen atoms in total. The fraction of sp³-hybridized carbons (Fsp3) is 0.270. The lowest BCUT2D eigenvalue weighted by molar-refractivity contribution is 0.332. The molecule has 0 bridgehead atoms. The summed E-state index contributed by atoms with van der Waals surface area (Å²) < 4.78 is 9.41. The van der Waals surface area contributed by atoms with Gasteiger partial charge >= 0.3 is 6.85 Å². The molecule has 67 heavy (non-hydrogen) atoms. The van der Waals surface area contributed by atoms with Crippen LogP contribution in [0, 0.1) is 6.92 Å². The Morgan fingerprint density at radius 1 is 0.478 bits per heavy atom. The summed E-state index contributed by atoms with van der Waals surface area (Å²) in [5, 5.41) is 7.53. The molecule has 0 spiro atoms. The number of furan rings is 1. The monoisotopic (exact) mass is 868 g/mol. The SMILES string of the molecule is Cc1ccc(N2B3c4cc5c(cc4-n4c6ccc7ccccc7c6c6c(-c7cccc8oc9ccccc9c78)cc(c3c64)-c3cc4c(cc32)C(C)(C)CCC4(C)C)C(C)(C)CCC5(C)C)cc1. The molecule has 2 aliphatic carbocycles. The second-order valence-electron chi connectivity index (χ2n) is 23.4. The molecule has 0 amide bonds. The number of hydrogen-bond acceptors (Lipinski definition) is 2. The van der Waals surface area contributed by atoms with Gasteiger partial charge in [-0.1, -0.05) is 140 Å². The van der Waals surface area contributed by atoms with E-state index in [1.807, 2.05) is 0 Å². The van der Waals surface area contributed by atoms with E-state index < -0.39 is 0 Å². The summed E-state index contributed by atoms with van der Waals surface area (Å²) in [4.78, 5) is 2.77. The average Bonchev–Trinajstić information content (AvgIpc) is 3.88. The topological polar surface area (TPSA) is 21.3 Å². The van der Waals surface area contributed by atoms with E-state index in [0.717, 1.165) is 35.8 Å². The zero-order valence-electron chi connectivity index (χ0n) is 40.4. The lowest BCUT2D eigenvalue weighted by Crippen LogP contribution is -2.61. The van der Waals surface area contributed by atoms with Gasteiger partial charge in [-0.05, 0) is 170 Å². The van der Waals surface area contributed by atoms with Crippen molar-refractivity contribution in [3.8, 4) is 27.9 Å². The van der Waals surface area contributed by atoms with Gasteiger partial charge in [0, 0.05) is 44.2 Å². The van der Waals surface area contributed by atoms with Crippen LogP contribution in [0.2, 0.25) is 0 Å². The number of anilines is 2. The molecule has 14 rings (SSSR count). The molecular formula is C63H57BN2O. The number of benzene rings is 8. The highest BCUT2D eigenvalue weighted by Crippen LogP contribution is 2.56. The van der Waals surface area contributed by atoms with Crippen LogP contribution in [-0.4, -0.2) is 11.4 Å². The molecule has 4 heterocycles. The van der Waals surface area contributed by atoms with E-state index in [2.05, 4.69) is 205 Å². The maximum Gasteiger partial charge on any atom is 0.333 e. The largest absolute Gasteiger partial charge is 0.456 e. The minimum Gasteiger partial charge on any atom is -0.456 e. The minimum absolute atomic E-state index is 0.0349. The first-order valence-electron chi connectivity index (χ1n) is 24.8. The predicted molar refractivity (Wildman–Crippen MR) is 285 cm³/mol. The number of nitrogens with zero attached hydrogens (tertiary/aromatic N) is 2. The van der Waals surface area contributed by atoms with E-state index in [9.17, 15) is 0 Å². The number of hydrogen-bond donors (Lipinski definition) is 0. The average molecular weight is 869 g/mol. The van der Waals surface area contributed by atoms with Gasteiger partial charge in [-0.3, -0.25) is 0 Å². The Kier molecular flexibility index (Phi) is 7.64. The standard InChI is InChI=1S/C63H57BN2O/c1-36-21-24-38(25-22-36)66-51-34-47-45(60(2,3)27-29-62(47,6)7)32-42(51)44-31-43(40-18-14-20-54-55(40)41-17-12-13-19-53(41)67-54)57-56-39-16-11-10-15-37(39)23-26-50(56)65-52-35-48-46(61(4,5)28-30-63(48,8)9)33-49(52)64(66)58(44)59(57)65/h10-26,31-35H,27-30H2,1-9H3. The first-order valence-corrected chi connectivity index (χ1v) is 24.8. The Bertz CT molecular complexity index is 3840. The van der Waals surface area contributed by atoms with Crippen LogP contribution in [0.5, 0.6) is 0 Å². The quantitative estimate of drug-likeness (QED) is 0.161. The third-order valence-electron chi connectivity index (χ3n) is 17.6. The molecule has 0 saturated carbocycles. The molecule has 8 aromatic carbocycles. The first kappa shape index (κ1) is 39.6. The molecule has 0 unspecified atom stereocenters. The van der Waals surface area contributed by atoms with Crippen LogP contribution in [0.15, 0.2) is 138 Å². The normalized spacial score (nSPS) is 18.1. The van der Waals surface area contributed by atoms with Crippen molar-refractivity contribution in [2.45, 2.75) is 110 Å². The summed E-state index contributed by atoms with van der Waals surface area (Å²) in [5.41, 5.74) is 23.6. The summed E-state index contributed by atoms with van der Waals surface area (Å²) >= 11 is 0. The number of aryl methyl sites for hydroxylation is 1. The van der Waals surface area contributed by atoms with Crippen molar-refractivity contribution >= 4 is 83.7 Å². The molecule has 328 valence electrons. The predicted octanol–water partition coefficient (Wildman–Crippen LogP) is 15.7. The Morgan fingerprint density at radius 2 is 1.09 bits per heavy atom. The van der Waals surface area contributed by atoms with Gasteiger partial charge in [-0.25, -0.2) is 0 Å². The van der Waals surface area contributed by atoms with Gasteiger partial charge in [0.25, 0.3) is 0 Å². The number of fused-ring (bicyclic) bond motifs is 15. The molecule has 0 fully saturated rings. The zero-order chi connectivity index (χ0) is 45.7. The summed E-state index contributed by atoms with van der Waals surface area (Å²) in [6, 6.07) is 51.8. The van der Waals surface area contributed by atoms with Crippen molar-refractivity contribution in [1.29, 1.82) is 0 Å². The van der Waals surface area contributed by atoms with Gasteiger partial charge in [-0.2, -0.15) is 0 Å². The van der Waals surface area contributed by atoms with Crippen molar-refractivity contribution in [3.63, 3.8) is 0 Å². The molecule has 0 N–H and O–H groups in total. The molecule has 10 aromatic rings. The Morgan fingerprint density at radius 3 is 1.81 bits per heavy atom. The molecule has 0 radical (unpaired) electrons. The van der Waals surface area contributed by atoms with Crippen LogP contribution in [0.1, 0.15) is 109 Å². The molecule has 4 heteroatoms. The van der Waals surface area contributed by atoms with Crippen LogP contribution in [-0.2, 0) is 21.7 Å². The van der Waals surface area contributed by atoms with Crippen molar-refractivity contribution in [2.24, 2.45) is 0 Å². The highest BCUT2D eigenvalue weighted by Gasteiger charge is 2.49. The molecule has 0 atom stereocenters. The molecule has 0 saturated heterocycles. The Balaban J connectivity index is 1.25. The smallest absolute Gasteiger partial charge is 0.333 e. The van der Waals surface area contributed by atoms with Gasteiger partial charge in [0.2, 0.25) is 0 Å². The van der Waals surface area contributed by atoms with Gasteiger partial charge < -0.3 is 13.8 Å². The summed E-state index contributed by atoms with van der Waals surface area (Å²) in [7, 11) is 0.